The maximum absolute atomic E-state index is 6.12. The minimum Gasteiger partial charge on any atom is -0.329 e. The van der Waals surface area contributed by atoms with Crippen LogP contribution in [-0.4, -0.2) is 30.1 Å². The molecule has 0 aromatic rings. The lowest BCUT2D eigenvalue weighted by atomic mass is 9.80. The molecule has 1 aliphatic heterocycles. The first-order valence-corrected chi connectivity index (χ1v) is 7.32. The van der Waals surface area contributed by atoms with Crippen LogP contribution < -0.4 is 5.73 Å². The van der Waals surface area contributed by atoms with Gasteiger partial charge in [0.25, 0.3) is 0 Å². The maximum atomic E-state index is 6.12. The van der Waals surface area contributed by atoms with Crippen LogP contribution in [0.25, 0.3) is 0 Å². The van der Waals surface area contributed by atoms with E-state index in [0.29, 0.717) is 11.0 Å². The Balaban J connectivity index is 2.04. The molecule has 2 fully saturated rings. The molecule has 3 atom stereocenters. The first-order chi connectivity index (χ1) is 7.87. The number of hydrogen-bond donors (Lipinski definition) is 1. The summed E-state index contributed by atoms with van der Waals surface area (Å²) in [4.78, 5) is 2.73. The Morgan fingerprint density at radius 3 is 2.41 bits per heavy atom. The monoisotopic (exact) mass is 238 g/mol. The van der Waals surface area contributed by atoms with Crippen molar-refractivity contribution in [2.75, 3.05) is 19.6 Å². The van der Waals surface area contributed by atoms with Gasteiger partial charge in [0.05, 0.1) is 0 Å². The van der Waals surface area contributed by atoms with Crippen molar-refractivity contribution in [3.63, 3.8) is 0 Å². The molecule has 0 bridgehead atoms. The van der Waals surface area contributed by atoms with Crippen LogP contribution in [0.5, 0.6) is 0 Å². The van der Waals surface area contributed by atoms with Gasteiger partial charge in [0.15, 0.2) is 0 Å². The summed E-state index contributed by atoms with van der Waals surface area (Å²) < 4.78 is 0. The lowest BCUT2D eigenvalue weighted by Crippen LogP contribution is -2.51. The van der Waals surface area contributed by atoms with Crippen LogP contribution in [0.15, 0.2) is 0 Å². The second-order valence-electron chi connectivity index (χ2n) is 7.57. The van der Waals surface area contributed by atoms with E-state index in [1.54, 1.807) is 0 Å². The molecule has 17 heavy (non-hydrogen) atoms. The van der Waals surface area contributed by atoms with Crippen molar-refractivity contribution in [2.45, 2.75) is 58.9 Å². The molecule has 0 amide bonds. The molecule has 2 heteroatoms. The average molecular weight is 238 g/mol. The molecule has 2 nitrogen and oxygen atoms in total. The molecule has 2 aliphatic rings. The Morgan fingerprint density at radius 2 is 2.00 bits per heavy atom. The number of nitrogens with zero attached hydrogens (tertiary/aromatic N) is 1. The van der Waals surface area contributed by atoms with Crippen LogP contribution >= 0.6 is 0 Å². The minimum atomic E-state index is 0.347. The number of hydrogen-bond acceptors (Lipinski definition) is 2. The van der Waals surface area contributed by atoms with Crippen LogP contribution in [0.4, 0.5) is 0 Å². The lowest BCUT2D eigenvalue weighted by Gasteiger charge is -2.39. The normalized spacial score (nSPS) is 40.1. The summed E-state index contributed by atoms with van der Waals surface area (Å²) in [5.74, 6) is 1.72. The molecule has 2 rings (SSSR count). The Morgan fingerprint density at radius 1 is 1.29 bits per heavy atom. The average Bonchev–Trinajstić information content (AvgIpc) is 2.83. The Hall–Kier alpha value is -0.0800. The van der Waals surface area contributed by atoms with Gasteiger partial charge in [0, 0.05) is 18.6 Å². The summed E-state index contributed by atoms with van der Waals surface area (Å²) in [5.41, 5.74) is 6.92. The number of likely N-dealkylation sites (tertiary alicyclic amines) is 1. The van der Waals surface area contributed by atoms with Gasteiger partial charge >= 0.3 is 0 Å². The minimum absolute atomic E-state index is 0.347. The third-order valence-electron chi connectivity index (χ3n) is 5.29. The first-order valence-electron chi connectivity index (χ1n) is 7.32. The highest BCUT2D eigenvalue weighted by Crippen LogP contribution is 2.43. The Labute approximate surface area is 107 Å². The molecule has 2 N–H and O–H groups in total. The molecule has 100 valence electrons. The van der Waals surface area contributed by atoms with Gasteiger partial charge in [0.2, 0.25) is 0 Å². The van der Waals surface area contributed by atoms with Gasteiger partial charge in [-0.05, 0) is 49.5 Å². The molecule has 0 radical (unpaired) electrons. The van der Waals surface area contributed by atoms with E-state index >= 15 is 0 Å². The summed E-state index contributed by atoms with van der Waals surface area (Å²) in [5, 5.41) is 0. The van der Waals surface area contributed by atoms with Crippen molar-refractivity contribution in [2.24, 2.45) is 23.0 Å². The molecule has 0 aromatic carbocycles. The van der Waals surface area contributed by atoms with Crippen molar-refractivity contribution in [3.05, 3.63) is 0 Å². The quantitative estimate of drug-likeness (QED) is 0.801. The highest BCUT2D eigenvalue weighted by atomic mass is 15.2. The lowest BCUT2D eigenvalue weighted by molar-refractivity contribution is 0.109. The predicted octanol–water partition coefficient (Wildman–Crippen LogP) is 2.87. The second-order valence-corrected chi connectivity index (χ2v) is 7.57. The number of rotatable bonds is 2. The second kappa shape index (κ2) is 4.55. The Kier molecular flexibility index (Phi) is 3.57. The topological polar surface area (TPSA) is 29.3 Å². The number of nitrogens with two attached hydrogens (primary N) is 1. The van der Waals surface area contributed by atoms with Crippen LogP contribution in [-0.2, 0) is 0 Å². The van der Waals surface area contributed by atoms with Gasteiger partial charge in [-0.15, -0.1) is 0 Å². The van der Waals surface area contributed by atoms with Crippen LogP contribution in [0, 0.1) is 17.3 Å². The van der Waals surface area contributed by atoms with E-state index in [1.807, 2.05) is 0 Å². The zero-order valence-corrected chi connectivity index (χ0v) is 12.1. The molecular formula is C15H30N2. The van der Waals surface area contributed by atoms with Crippen LogP contribution in [0.1, 0.15) is 53.4 Å². The van der Waals surface area contributed by atoms with Gasteiger partial charge in [-0.25, -0.2) is 0 Å². The molecule has 1 aliphatic carbocycles. The van der Waals surface area contributed by atoms with Crippen molar-refractivity contribution in [1.29, 1.82) is 0 Å². The molecule has 1 heterocycles. The summed E-state index contributed by atoms with van der Waals surface area (Å²) in [7, 11) is 0. The van der Waals surface area contributed by atoms with E-state index in [2.05, 4.69) is 32.6 Å². The zero-order chi connectivity index (χ0) is 12.7. The van der Waals surface area contributed by atoms with Gasteiger partial charge < -0.3 is 5.73 Å². The van der Waals surface area contributed by atoms with E-state index < -0.39 is 0 Å². The van der Waals surface area contributed by atoms with E-state index in [4.69, 9.17) is 5.73 Å². The summed E-state index contributed by atoms with van der Waals surface area (Å²) in [6.07, 6.45) is 5.37. The standard InChI is InChI=1S/C15H30N2/c1-12-5-7-15(9-12,11-16)17-8-6-13(10-17)14(2,3)4/h12-13H,5-11,16H2,1-4H3. The van der Waals surface area contributed by atoms with E-state index in [1.165, 1.54) is 38.8 Å². The van der Waals surface area contributed by atoms with Gasteiger partial charge in [-0.2, -0.15) is 0 Å². The van der Waals surface area contributed by atoms with Crippen molar-refractivity contribution >= 4 is 0 Å². The largest absolute Gasteiger partial charge is 0.329 e. The Bertz CT molecular complexity index is 269. The van der Waals surface area contributed by atoms with Crippen molar-refractivity contribution < 1.29 is 0 Å². The fourth-order valence-electron chi connectivity index (χ4n) is 3.87. The third kappa shape index (κ3) is 2.53. The van der Waals surface area contributed by atoms with E-state index in [-0.39, 0.29) is 0 Å². The summed E-state index contributed by atoms with van der Waals surface area (Å²) >= 11 is 0. The molecule has 3 unspecified atom stereocenters. The van der Waals surface area contributed by atoms with Crippen LogP contribution in [0.3, 0.4) is 0 Å². The molecular weight excluding hydrogens is 208 g/mol. The molecule has 0 aromatic heterocycles. The molecule has 0 spiro atoms. The SMILES string of the molecule is CC1CCC(CN)(N2CCC(C(C)(C)C)C2)C1. The predicted molar refractivity (Wildman–Crippen MR) is 73.9 cm³/mol. The maximum Gasteiger partial charge on any atom is 0.0334 e. The fraction of sp³-hybridized carbons (Fsp3) is 1.00. The van der Waals surface area contributed by atoms with Gasteiger partial charge in [-0.3, -0.25) is 4.90 Å². The zero-order valence-electron chi connectivity index (χ0n) is 12.1. The molecule has 1 saturated heterocycles. The third-order valence-corrected chi connectivity index (χ3v) is 5.29. The van der Waals surface area contributed by atoms with Gasteiger partial charge in [-0.1, -0.05) is 27.7 Å². The molecule has 1 saturated carbocycles. The van der Waals surface area contributed by atoms with Crippen molar-refractivity contribution in [3.8, 4) is 0 Å². The van der Waals surface area contributed by atoms with Crippen LogP contribution in [0.2, 0.25) is 0 Å². The summed E-state index contributed by atoms with van der Waals surface area (Å²) in [6.45, 7) is 12.9. The van der Waals surface area contributed by atoms with E-state index in [0.717, 1.165) is 18.4 Å². The highest BCUT2D eigenvalue weighted by Gasteiger charge is 2.45. The summed E-state index contributed by atoms with van der Waals surface area (Å²) in [6, 6.07) is 0. The van der Waals surface area contributed by atoms with E-state index in [9.17, 15) is 0 Å². The fourth-order valence-corrected chi connectivity index (χ4v) is 3.87. The highest BCUT2D eigenvalue weighted by molar-refractivity contribution is 5.01. The first kappa shape index (κ1) is 13.4. The van der Waals surface area contributed by atoms with Gasteiger partial charge in [0.1, 0.15) is 0 Å². The smallest absolute Gasteiger partial charge is 0.0334 e. The van der Waals surface area contributed by atoms with Crippen molar-refractivity contribution in [1.82, 2.24) is 4.90 Å².